The van der Waals surface area contributed by atoms with Crippen LogP contribution in [-0.4, -0.2) is 9.78 Å². The second kappa shape index (κ2) is 6.43. The molecule has 0 aliphatic heterocycles. The summed E-state index contributed by atoms with van der Waals surface area (Å²) in [5.74, 6) is 4.20. The summed E-state index contributed by atoms with van der Waals surface area (Å²) < 4.78 is 29.8. The molecule has 0 radical (unpaired) electrons. The third kappa shape index (κ3) is 3.41. The third-order valence-corrected chi connectivity index (χ3v) is 3.53. The molecule has 0 saturated carbocycles. The molecular formula is C13H15BrF2N4. The van der Waals surface area contributed by atoms with Gasteiger partial charge in [-0.2, -0.15) is 5.10 Å². The second-order valence-electron chi connectivity index (χ2n) is 4.56. The van der Waals surface area contributed by atoms with Gasteiger partial charge < -0.3 is 0 Å². The largest absolute Gasteiger partial charge is 0.276 e. The third-order valence-electron chi connectivity index (χ3n) is 3.07. The molecule has 1 unspecified atom stereocenters. The molecule has 7 heteroatoms. The Morgan fingerprint density at radius 3 is 2.55 bits per heavy atom. The quantitative estimate of drug-likeness (QED) is 0.647. The van der Waals surface area contributed by atoms with E-state index >= 15 is 0 Å². The van der Waals surface area contributed by atoms with E-state index in [-0.39, 0.29) is 5.56 Å². The molecule has 0 fully saturated rings. The number of nitrogens with two attached hydrogens (primary N) is 1. The number of benzene rings is 1. The summed E-state index contributed by atoms with van der Waals surface area (Å²) in [6.07, 6.45) is 4.68. The molecule has 108 valence electrons. The Bertz CT molecular complexity index is 577. The Morgan fingerprint density at radius 2 is 2.05 bits per heavy atom. The molecule has 3 N–H and O–H groups in total. The molecule has 0 saturated heterocycles. The second-order valence-corrected chi connectivity index (χ2v) is 5.48. The first-order valence-corrected chi connectivity index (χ1v) is 6.88. The zero-order valence-electron chi connectivity index (χ0n) is 10.9. The van der Waals surface area contributed by atoms with Gasteiger partial charge in [0.25, 0.3) is 0 Å². The number of aromatic nitrogens is 2. The SMILES string of the molecule is Cn1cc(CCC(NN)c2c(F)cc(Br)cc2F)cn1. The van der Waals surface area contributed by atoms with E-state index in [0.717, 1.165) is 5.56 Å². The van der Waals surface area contributed by atoms with Crippen molar-refractivity contribution >= 4 is 15.9 Å². The topological polar surface area (TPSA) is 55.9 Å². The van der Waals surface area contributed by atoms with Crippen LogP contribution >= 0.6 is 15.9 Å². The van der Waals surface area contributed by atoms with Gasteiger partial charge in [0.15, 0.2) is 0 Å². The van der Waals surface area contributed by atoms with E-state index in [1.54, 1.807) is 10.9 Å². The first kappa shape index (κ1) is 15.1. The number of aryl methyl sites for hydroxylation is 2. The minimum Gasteiger partial charge on any atom is -0.276 e. The van der Waals surface area contributed by atoms with Gasteiger partial charge in [-0.25, -0.2) is 8.78 Å². The van der Waals surface area contributed by atoms with Crippen LogP contribution in [0.2, 0.25) is 0 Å². The van der Waals surface area contributed by atoms with E-state index in [4.69, 9.17) is 5.84 Å². The number of hydrogen-bond acceptors (Lipinski definition) is 3. The zero-order chi connectivity index (χ0) is 14.7. The summed E-state index contributed by atoms with van der Waals surface area (Å²) in [4.78, 5) is 0. The summed E-state index contributed by atoms with van der Waals surface area (Å²) in [6.45, 7) is 0. The molecule has 1 heterocycles. The molecular weight excluding hydrogens is 330 g/mol. The van der Waals surface area contributed by atoms with E-state index in [1.807, 2.05) is 13.2 Å². The summed E-state index contributed by atoms with van der Waals surface area (Å²) >= 11 is 3.05. The molecule has 0 bridgehead atoms. The number of hydrogen-bond donors (Lipinski definition) is 2. The Kier molecular flexibility index (Phi) is 4.85. The molecule has 2 aromatic rings. The smallest absolute Gasteiger partial charge is 0.132 e. The molecule has 4 nitrogen and oxygen atoms in total. The van der Waals surface area contributed by atoms with Crippen molar-refractivity contribution < 1.29 is 8.78 Å². The molecule has 1 aromatic carbocycles. The molecule has 20 heavy (non-hydrogen) atoms. The van der Waals surface area contributed by atoms with E-state index in [9.17, 15) is 8.78 Å². The Labute approximate surface area is 124 Å². The fourth-order valence-electron chi connectivity index (χ4n) is 2.11. The van der Waals surface area contributed by atoms with Gasteiger partial charge in [-0.1, -0.05) is 15.9 Å². The van der Waals surface area contributed by atoms with E-state index in [0.29, 0.717) is 17.3 Å². The monoisotopic (exact) mass is 344 g/mol. The maximum Gasteiger partial charge on any atom is 0.132 e. The van der Waals surface area contributed by atoms with Crippen LogP contribution in [-0.2, 0) is 13.5 Å². The number of nitrogens with zero attached hydrogens (tertiary/aromatic N) is 2. The summed E-state index contributed by atoms with van der Waals surface area (Å²) in [5, 5.41) is 4.05. The molecule has 0 aliphatic carbocycles. The average molecular weight is 345 g/mol. The van der Waals surface area contributed by atoms with Crippen molar-refractivity contribution in [3.63, 3.8) is 0 Å². The summed E-state index contributed by atoms with van der Waals surface area (Å²) in [5.41, 5.74) is 3.42. The van der Waals surface area contributed by atoms with Gasteiger partial charge in [-0.05, 0) is 30.5 Å². The van der Waals surface area contributed by atoms with Gasteiger partial charge in [-0.3, -0.25) is 16.0 Å². The standard InChI is InChI=1S/C13H15BrF2N4/c1-20-7-8(6-18-20)2-3-12(19-17)13-10(15)4-9(14)5-11(13)16/h4-7,12,19H,2-3,17H2,1H3. The number of hydrazine groups is 1. The molecule has 0 aliphatic rings. The number of nitrogens with one attached hydrogen (secondary N) is 1. The Morgan fingerprint density at radius 1 is 1.40 bits per heavy atom. The zero-order valence-corrected chi connectivity index (χ0v) is 12.5. The van der Waals surface area contributed by atoms with Crippen molar-refractivity contribution in [2.24, 2.45) is 12.9 Å². The Hall–Kier alpha value is -1.31. The van der Waals surface area contributed by atoms with Crippen LogP contribution in [0.5, 0.6) is 0 Å². The van der Waals surface area contributed by atoms with Crippen molar-refractivity contribution in [2.75, 3.05) is 0 Å². The first-order chi connectivity index (χ1) is 9.51. The fourth-order valence-corrected chi connectivity index (χ4v) is 2.51. The summed E-state index contributed by atoms with van der Waals surface area (Å²) in [6, 6.07) is 1.86. The van der Waals surface area contributed by atoms with Crippen LogP contribution in [0.15, 0.2) is 29.0 Å². The van der Waals surface area contributed by atoms with Crippen LogP contribution < -0.4 is 11.3 Å². The van der Waals surface area contributed by atoms with Crippen LogP contribution in [0.3, 0.4) is 0 Å². The lowest BCUT2D eigenvalue weighted by atomic mass is 9.99. The lowest BCUT2D eigenvalue weighted by Gasteiger charge is -2.17. The van der Waals surface area contributed by atoms with Gasteiger partial charge in [0.05, 0.1) is 12.2 Å². The minimum atomic E-state index is -0.619. The van der Waals surface area contributed by atoms with Crippen LogP contribution in [0, 0.1) is 11.6 Å². The van der Waals surface area contributed by atoms with Crippen molar-refractivity contribution in [3.05, 3.63) is 51.8 Å². The highest BCUT2D eigenvalue weighted by Crippen LogP contribution is 2.27. The van der Waals surface area contributed by atoms with Crippen molar-refractivity contribution in [1.82, 2.24) is 15.2 Å². The number of halogens is 3. The van der Waals surface area contributed by atoms with Gasteiger partial charge in [0.2, 0.25) is 0 Å². The van der Waals surface area contributed by atoms with Crippen molar-refractivity contribution in [1.29, 1.82) is 0 Å². The van der Waals surface area contributed by atoms with Gasteiger partial charge >= 0.3 is 0 Å². The van der Waals surface area contributed by atoms with Gasteiger partial charge in [-0.15, -0.1) is 0 Å². The first-order valence-electron chi connectivity index (χ1n) is 6.09. The van der Waals surface area contributed by atoms with Crippen LogP contribution in [0.25, 0.3) is 0 Å². The fraction of sp³-hybridized carbons (Fsp3) is 0.308. The highest BCUT2D eigenvalue weighted by Gasteiger charge is 2.20. The minimum absolute atomic E-state index is 0.0420. The summed E-state index contributed by atoms with van der Waals surface area (Å²) in [7, 11) is 1.82. The Balaban J connectivity index is 2.16. The molecule has 2 rings (SSSR count). The van der Waals surface area contributed by atoms with E-state index in [1.165, 1.54) is 12.1 Å². The van der Waals surface area contributed by atoms with Crippen LogP contribution in [0.4, 0.5) is 8.78 Å². The molecule has 0 amide bonds. The van der Waals surface area contributed by atoms with Gasteiger partial charge in [0.1, 0.15) is 11.6 Å². The van der Waals surface area contributed by atoms with Crippen molar-refractivity contribution in [3.8, 4) is 0 Å². The van der Waals surface area contributed by atoms with E-state index in [2.05, 4.69) is 26.5 Å². The maximum absolute atomic E-state index is 13.9. The lowest BCUT2D eigenvalue weighted by Crippen LogP contribution is -2.30. The van der Waals surface area contributed by atoms with Gasteiger partial charge in [0, 0.05) is 23.3 Å². The van der Waals surface area contributed by atoms with E-state index < -0.39 is 17.7 Å². The molecule has 1 aromatic heterocycles. The molecule has 1 atom stereocenters. The predicted octanol–water partition coefficient (Wildman–Crippen LogP) is 2.60. The number of rotatable bonds is 5. The maximum atomic E-state index is 13.9. The predicted molar refractivity (Wildman–Crippen MR) is 75.7 cm³/mol. The highest BCUT2D eigenvalue weighted by molar-refractivity contribution is 9.10. The highest BCUT2D eigenvalue weighted by atomic mass is 79.9. The average Bonchev–Trinajstić information content (AvgIpc) is 2.78. The lowest BCUT2D eigenvalue weighted by molar-refractivity contribution is 0.453. The normalized spacial score (nSPS) is 12.7. The van der Waals surface area contributed by atoms with Crippen molar-refractivity contribution in [2.45, 2.75) is 18.9 Å². The molecule has 0 spiro atoms. The van der Waals surface area contributed by atoms with Crippen LogP contribution in [0.1, 0.15) is 23.6 Å².